The number of rotatable bonds is 1. The molecule has 2 aromatic rings. The Morgan fingerprint density at radius 2 is 1.73 bits per heavy atom. The zero-order valence-electron chi connectivity index (χ0n) is 12.4. The fraction of sp³-hybridized carbons (Fsp3) is 0.381. The van der Waals surface area contributed by atoms with Crippen molar-refractivity contribution in [2.45, 2.75) is 24.7 Å². The Bertz CT molecular complexity index is 862. The molecule has 4 aliphatic rings. The number of allylic oxidation sites excluding steroid dienone is 2. The predicted molar refractivity (Wildman–Crippen MR) is 87.2 cm³/mol. The second-order valence-corrected chi connectivity index (χ2v) is 7.68. The SMILES string of the molecule is O=Cc1cccc2ccc3c(c12)C1CC3C2C3C=CC(C3)C12. The Morgan fingerprint density at radius 3 is 2.55 bits per heavy atom. The molecule has 0 aliphatic heterocycles. The largest absolute Gasteiger partial charge is 0.298 e. The minimum Gasteiger partial charge on any atom is -0.298 e. The van der Waals surface area contributed by atoms with Crippen LogP contribution in [0.25, 0.3) is 10.8 Å². The molecule has 2 fully saturated rings. The number of benzene rings is 2. The van der Waals surface area contributed by atoms with Gasteiger partial charge in [0.15, 0.2) is 6.29 Å². The van der Waals surface area contributed by atoms with Gasteiger partial charge in [0.2, 0.25) is 0 Å². The number of fused-ring (bicyclic) bond motifs is 14. The monoisotopic (exact) mass is 286 g/mol. The maximum atomic E-state index is 11.6. The lowest BCUT2D eigenvalue weighted by Crippen LogP contribution is -2.25. The van der Waals surface area contributed by atoms with E-state index in [1.54, 1.807) is 5.56 Å². The van der Waals surface area contributed by atoms with E-state index >= 15 is 0 Å². The second kappa shape index (κ2) is 3.71. The van der Waals surface area contributed by atoms with Gasteiger partial charge in [-0.05, 0) is 70.2 Å². The van der Waals surface area contributed by atoms with E-state index in [0.29, 0.717) is 5.92 Å². The van der Waals surface area contributed by atoms with Gasteiger partial charge in [-0.2, -0.15) is 0 Å². The van der Waals surface area contributed by atoms with Crippen molar-refractivity contribution in [3.8, 4) is 0 Å². The Morgan fingerprint density at radius 1 is 0.909 bits per heavy atom. The lowest BCUT2D eigenvalue weighted by atomic mass is 9.70. The van der Waals surface area contributed by atoms with Crippen LogP contribution in [0.15, 0.2) is 42.5 Å². The normalized spacial score (nSPS) is 39.5. The van der Waals surface area contributed by atoms with Gasteiger partial charge in [-0.15, -0.1) is 0 Å². The highest BCUT2D eigenvalue weighted by molar-refractivity contribution is 6.01. The summed E-state index contributed by atoms with van der Waals surface area (Å²) in [5, 5.41) is 2.50. The van der Waals surface area contributed by atoms with Crippen molar-refractivity contribution < 1.29 is 4.79 Å². The summed E-state index contributed by atoms with van der Waals surface area (Å²) < 4.78 is 0. The summed E-state index contributed by atoms with van der Waals surface area (Å²) in [4.78, 5) is 11.6. The van der Waals surface area contributed by atoms with Crippen molar-refractivity contribution in [2.24, 2.45) is 23.7 Å². The third-order valence-corrected chi connectivity index (χ3v) is 7.07. The highest BCUT2D eigenvalue weighted by Gasteiger charge is 2.60. The van der Waals surface area contributed by atoms with Crippen LogP contribution in [0.5, 0.6) is 0 Å². The molecule has 0 saturated heterocycles. The Balaban J connectivity index is 1.66. The van der Waals surface area contributed by atoms with E-state index in [-0.39, 0.29) is 0 Å². The summed E-state index contributed by atoms with van der Waals surface area (Å²) in [6.45, 7) is 0. The minimum atomic E-state index is 0.690. The molecule has 1 nitrogen and oxygen atoms in total. The quantitative estimate of drug-likeness (QED) is 0.423. The molecule has 4 bridgehead atoms. The van der Waals surface area contributed by atoms with Gasteiger partial charge in [0.25, 0.3) is 0 Å². The number of hydrogen-bond acceptors (Lipinski definition) is 1. The molecule has 0 aromatic heterocycles. The molecule has 0 heterocycles. The van der Waals surface area contributed by atoms with Crippen LogP contribution in [0.2, 0.25) is 0 Å². The maximum Gasteiger partial charge on any atom is 0.150 e. The van der Waals surface area contributed by atoms with E-state index in [1.165, 1.54) is 29.2 Å². The molecule has 0 amide bonds. The lowest BCUT2D eigenvalue weighted by molar-refractivity contribution is 0.112. The molecule has 4 aliphatic carbocycles. The van der Waals surface area contributed by atoms with Gasteiger partial charge in [0.1, 0.15) is 0 Å². The van der Waals surface area contributed by atoms with Gasteiger partial charge in [-0.1, -0.05) is 42.5 Å². The summed E-state index contributed by atoms with van der Waals surface area (Å²) in [5.74, 6) is 4.79. The van der Waals surface area contributed by atoms with Crippen LogP contribution in [-0.2, 0) is 0 Å². The number of carbonyl (C=O) groups is 1. The molecule has 6 atom stereocenters. The van der Waals surface area contributed by atoms with E-state index < -0.39 is 0 Å². The molecule has 6 rings (SSSR count). The van der Waals surface area contributed by atoms with Crippen LogP contribution in [0.1, 0.15) is 46.2 Å². The second-order valence-electron chi connectivity index (χ2n) is 7.68. The van der Waals surface area contributed by atoms with Gasteiger partial charge in [0, 0.05) is 5.56 Å². The third-order valence-electron chi connectivity index (χ3n) is 7.07. The highest BCUT2D eigenvalue weighted by Crippen LogP contribution is 2.70. The van der Waals surface area contributed by atoms with E-state index in [1.807, 2.05) is 12.1 Å². The van der Waals surface area contributed by atoms with Gasteiger partial charge in [0.05, 0.1) is 0 Å². The van der Waals surface area contributed by atoms with Gasteiger partial charge < -0.3 is 0 Å². The van der Waals surface area contributed by atoms with Crippen LogP contribution in [0.3, 0.4) is 0 Å². The highest BCUT2D eigenvalue weighted by atomic mass is 16.1. The van der Waals surface area contributed by atoms with Crippen molar-refractivity contribution in [1.82, 2.24) is 0 Å². The fourth-order valence-corrected chi connectivity index (χ4v) is 6.54. The lowest BCUT2D eigenvalue weighted by Gasteiger charge is -2.34. The first-order valence-corrected chi connectivity index (χ1v) is 8.56. The van der Waals surface area contributed by atoms with Crippen molar-refractivity contribution in [3.63, 3.8) is 0 Å². The first-order chi connectivity index (χ1) is 10.9. The summed E-state index contributed by atoms with van der Waals surface area (Å²) in [7, 11) is 0. The van der Waals surface area contributed by atoms with Crippen LogP contribution in [0, 0.1) is 23.7 Å². The number of carbonyl (C=O) groups excluding carboxylic acids is 1. The number of hydrogen-bond donors (Lipinski definition) is 0. The fourth-order valence-electron chi connectivity index (χ4n) is 6.54. The van der Waals surface area contributed by atoms with Crippen LogP contribution < -0.4 is 0 Å². The molecule has 22 heavy (non-hydrogen) atoms. The zero-order chi connectivity index (χ0) is 14.4. The molecule has 2 aromatic carbocycles. The molecular formula is C21H18O. The Kier molecular flexibility index (Phi) is 1.96. The molecular weight excluding hydrogens is 268 g/mol. The van der Waals surface area contributed by atoms with E-state index in [4.69, 9.17) is 0 Å². The Labute approximate surface area is 130 Å². The van der Waals surface area contributed by atoms with Gasteiger partial charge in [-0.3, -0.25) is 4.79 Å². The number of aldehydes is 1. The molecule has 0 N–H and O–H groups in total. The molecule has 0 radical (unpaired) electrons. The molecule has 2 saturated carbocycles. The van der Waals surface area contributed by atoms with Crippen molar-refractivity contribution in [1.29, 1.82) is 0 Å². The van der Waals surface area contributed by atoms with Crippen LogP contribution in [-0.4, -0.2) is 6.29 Å². The molecule has 0 spiro atoms. The summed E-state index contributed by atoms with van der Waals surface area (Å²) in [6.07, 6.45) is 8.73. The average molecular weight is 286 g/mol. The van der Waals surface area contributed by atoms with E-state index in [9.17, 15) is 4.79 Å². The first kappa shape index (κ1) is 11.6. The zero-order valence-corrected chi connectivity index (χ0v) is 12.4. The van der Waals surface area contributed by atoms with Gasteiger partial charge in [-0.25, -0.2) is 0 Å². The summed E-state index contributed by atoms with van der Waals surface area (Å²) in [6, 6.07) is 10.8. The minimum absolute atomic E-state index is 0.690. The molecule has 1 heteroatoms. The van der Waals surface area contributed by atoms with Crippen molar-refractivity contribution in [3.05, 3.63) is 59.2 Å². The van der Waals surface area contributed by atoms with Gasteiger partial charge >= 0.3 is 0 Å². The third kappa shape index (κ3) is 1.14. The molecule has 6 unspecified atom stereocenters. The molecule has 108 valence electrons. The van der Waals surface area contributed by atoms with Crippen molar-refractivity contribution in [2.75, 3.05) is 0 Å². The Hall–Kier alpha value is -1.89. The topological polar surface area (TPSA) is 17.1 Å². The maximum absolute atomic E-state index is 11.6. The standard InChI is InChI=1S/C21H18O/c22-10-14-3-1-2-11-6-7-15-16-9-17(21(15)18(11)14)20-13-5-4-12(8-13)19(16)20/h1-7,10,12-13,16-17,19-20H,8-9H2. The smallest absolute Gasteiger partial charge is 0.150 e. The predicted octanol–water partition coefficient (Wildman–Crippen LogP) is 4.68. The van der Waals surface area contributed by atoms with Crippen LogP contribution >= 0.6 is 0 Å². The summed E-state index contributed by atoms with van der Waals surface area (Å²) >= 11 is 0. The van der Waals surface area contributed by atoms with Crippen LogP contribution in [0.4, 0.5) is 0 Å². The van der Waals surface area contributed by atoms with Crippen molar-refractivity contribution >= 4 is 17.1 Å². The van der Waals surface area contributed by atoms with E-state index in [2.05, 4.69) is 30.4 Å². The first-order valence-electron chi connectivity index (χ1n) is 8.56. The average Bonchev–Trinajstić information content (AvgIpc) is 3.31. The summed E-state index contributed by atoms with van der Waals surface area (Å²) in [5.41, 5.74) is 3.98. The van der Waals surface area contributed by atoms with E-state index in [0.717, 1.165) is 41.4 Å².